The lowest BCUT2D eigenvalue weighted by Crippen LogP contribution is -2.42. The number of nitrogens with zero attached hydrogens (tertiary/aromatic N) is 1. The van der Waals surface area contributed by atoms with E-state index in [0.717, 1.165) is 16.8 Å². The van der Waals surface area contributed by atoms with Crippen molar-refractivity contribution in [1.29, 1.82) is 0 Å². The fourth-order valence-corrected chi connectivity index (χ4v) is 5.55. The number of hydrogen-bond donors (Lipinski definition) is 5. The number of rotatable bonds is 11. The Labute approximate surface area is 230 Å². The smallest absolute Gasteiger partial charge is 0.322 e. The van der Waals surface area contributed by atoms with Crippen LogP contribution < -0.4 is 15.4 Å². The van der Waals surface area contributed by atoms with Gasteiger partial charge in [-0.05, 0) is 47.4 Å². The molecule has 202 valence electrons. The van der Waals surface area contributed by atoms with E-state index in [1.807, 2.05) is 18.2 Å². The fraction of sp³-hybridized carbons (Fsp3) is 0.148. The summed E-state index contributed by atoms with van der Waals surface area (Å²) in [4.78, 5) is 30.8. The molecule has 2 amide bonds. The van der Waals surface area contributed by atoms with Crippen molar-refractivity contribution in [3.63, 3.8) is 0 Å². The number of sulfonamides is 1. The number of anilines is 1. The van der Waals surface area contributed by atoms with E-state index in [-0.39, 0.29) is 22.4 Å². The molecule has 0 bridgehead atoms. The molecule has 1 unspecified atom stereocenters. The average molecular weight is 568 g/mol. The van der Waals surface area contributed by atoms with Gasteiger partial charge in [-0.25, -0.2) is 18.2 Å². The van der Waals surface area contributed by atoms with Gasteiger partial charge in [0.2, 0.25) is 10.0 Å². The number of imidazole rings is 1. The maximum absolute atomic E-state index is 12.7. The number of benzene rings is 3. The molecule has 4 rings (SSSR count). The number of aromatic amines is 1. The first-order valence-corrected chi connectivity index (χ1v) is 13.8. The van der Waals surface area contributed by atoms with Crippen LogP contribution in [0.25, 0.3) is 11.1 Å². The number of carboxylic acid groups (broad SMARTS) is 1. The fourth-order valence-electron chi connectivity index (χ4n) is 3.85. The van der Waals surface area contributed by atoms with E-state index in [0.29, 0.717) is 24.2 Å². The molecule has 0 saturated carbocycles. The summed E-state index contributed by atoms with van der Waals surface area (Å²) >= 11 is 5.99. The maximum atomic E-state index is 12.7. The highest BCUT2D eigenvalue weighted by molar-refractivity contribution is 7.89. The molecule has 4 aromatic rings. The van der Waals surface area contributed by atoms with Crippen LogP contribution in [0.4, 0.5) is 10.5 Å². The molecule has 0 radical (unpaired) electrons. The normalized spacial score (nSPS) is 12.0. The van der Waals surface area contributed by atoms with Crippen LogP contribution in [0.1, 0.15) is 11.3 Å². The first kappa shape index (κ1) is 27.8. The zero-order chi connectivity index (χ0) is 27.8. The van der Waals surface area contributed by atoms with Crippen LogP contribution in [0, 0.1) is 0 Å². The Hall–Kier alpha value is -4.19. The molecule has 0 saturated heterocycles. The number of H-pyrrole nitrogens is 1. The third kappa shape index (κ3) is 7.66. The molecule has 12 heteroatoms. The number of carbonyl (C=O) groups is 2. The molecule has 5 N–H and O–H groups in total. The van der Waals surface area contributed by atoms with E-state index in [4.69, 9.17) is 11.6 Å². The van der Waals surface area contributed by atoms with Crippen molar-refractivity contribution < 1.29 is 23.1 Å². The van der Waals surface area contributed by atoms with Gasteiger partial charge in [0.15, 0.2) is 0 Å². The van der Waals surface area contributed by atoms with Gasteiger partial charge in [0.05, 0.1) is 11.3 Å². The van der Waals surface area contributed by atoms with E-state index in [1.165, 1.54) is 18.2 Å². The Balaban J connectivity index is 1.38. The van der Waals surface area contributed by atoms with Crippen molar-refractivity contribution in [1.82, 2.24) is 20.0 Å². The molecule has 1 aromatic heterocycles. The zero-order valence-electron chi connectivity index (χ0n) is 20.6. The summed E-state index contributed by atoms with van der Waals surface area (Å²) in [6, 6.07) is 18.5. The van der Waals surface area contributed by atoms with Crippen molar-refractivity contribution in [3.8, 4) is 11.1 Å². The Morgan fingerprint density at radius 3 is 2.46 bits per heavy atom. The maximum Gasteiger partial charge on any atom is 0.322 e. The van der Waals surface area contributed by atoms with Crippen molar-refractivity contribution >= 4 is 39.3 Å². The van der Waals surface area contributed by atoms with Gasteiger partial charge < -0.3 is 20.7 Å². The molecule has 39 heavy (non-hydrogen) atoms. The Morgan fingerprint density at radius 2 is 1.77 bits per heavy atom. The van der Waals surface area contributed by atoms with E-state index >= 15 is 0 Å². The molecule has 0 fully saturated rings. The lowest BCUT2D eigenvalue weighted by Gasteiger charge is -2.16. The summed E-state index contributed by atoms with van der Waals surface area (Å²) in [5.74, 6) is -1.31. The Kier molecular flexibility index (Phi) is 8.97. The van der Waals surface area contributed by atoms with Gasteiger partial charge in [-0.2, -0.15) is 4.72 Å². The number of aliphatic carboxylic acids is 1. The molecular formula is C27H26ClN5O5S. The van der Waals surface area contributed by atoms with Crippen LogP contribution in [-0.2, 0) is 27.7 Å². The molecule has 10 nitrogen and oxygen atoms in total. The summed E-state index contributed by atoms with van der Waals surface area (Å²) in [6.45, 7) is 0.445. The highest BCUT2D eigenvalue weighted by atomic mass is 35.5. The molecule has 3 aromatic carbocycles. The SMILES string of the molecule is O=C(NCCc1cnc[nH]1)Nc1cccc(-c2ccc(CC(NS(=O)(=O)c3ccccc3Cl)C(=O)O)cc2)c1. The van der Waals surface area contributed by atoms with Crippen LogP contribution in [0.3, 0.4) is 0 Å². The van der Waals surface area contributed by atoms with Crippen molar-refractivity contribution in [2.45, 2.75) is 23.8 Å². The summed E-state index contributed by atoms with van der Waals surface area (Å²) in [5.41, 5.74) is 3.83. The summed E-state index contributed by atoms with van der Waals surface area (Å²) in [5, 5.41) is 15.2. The third-order valence-corrected chi connectivity index (χ3v) is 7.78. The number of hydrogen-bond acceptors (Lipinski definition) is 5. The van der Waals surface area contributed by atoms with Crippen LogP contribution >= 0.6 is 11.6 Å². The zero-order valence-corrected chi connectivity index (χ0v) is 22.2. The second kappa shape index (κ2) is 12.6. The van der Waals surface area contributed by atoms with Gasteiger partial charge in [-0.3, -0.25) is 4.79 Å². The molecular weight excluding hydrogens is 542 g/mol. The largest absolute Gasteiger partial charge is 0.480 e. The average Bonchev–Trinajstić information content (AvgIpc) is 3.42. The van der Waals surface area contributed by atoms with Gasteiger partial charge >= 0.3 is 12.0 Å². The van der Waals surface area contributed by atoms with E-state index in [1.54, 1.807) is 48.9 Å². The van der Waals surface area contributed by atoms with Gasteiger partial charge in [-0.1, -0.05) is 60.1 Å². The second-order valence-electron chi connectivity index (χ2n) is 8.63. The van der Waals surface area contributed by atoms with Gasteiger partial charge in [0.25, 0.3) is 0 Å². The number of nitrogens with one attached hydrogen (secondary N) is 4. The first-order valence-electron chi connectivity index (χ1n) is 11.9. The monoisotopic (exact) mass is 567 g/mol. The van der Waals surface area contributed by atoms with Crippen LogP contribution in [0.5, 0.6) is 0 Å². The van der Waals surface area contributed by atoms with E-state index in [2.05, 4.69) is 25.3 Å². The quantitative estimate of drug-likeness (QED) is 0.184. The number of carboxylic acids is 1. The first-order chi connectivity index (χ1) is 18.7. The third-order valence-electron chi connectivity index (χ3n) is 5.80. The highest BCUT2D eigenvalue weighted by Gasteiger charge is 2.27. The summed E-state index contributed by atoms with van der Waals surface area (Å²) in [6.07, 6.45) is 3.85. The number of aromatic nitrogens is 2. The predicted molar refractivity (Wildman–Crippen MR) is 148 cm³/mol. The predicted octanol–water partition coefficient (Wildman–Crippen LogP) is 4.07. The number of halogens is 1. The minimum atomic E-state index is -4.15. The molecule has 1 heterocycles. The Bertz CT molecular complexity index is 1540. The van der Waals surface area contributed by atoms with Crippen LogP contribution in [-0.4, -0.2) is 48.1 Å². The van der Waals surface area contributed by atoms with Gasteiger partial charge in [0.1, 0.15) is 10.9 Å². The van der Waals surface area contributed by atoms with Crippen LogP contribution in [0.15, 0.2) is 90.2 Å². The van der Waals surface area contributed by atoms with Gasteiger partial charge in [0, 0.05) is 30.5 Å². The number of amides is 2. The minimum Gasteiger partial charge on any atom is -0.480 e. The van der Waals surface area contributed by atoms with Crippen molar-refractivity contribution in [2.75, 3.05) is 11.9 Å². The molecule has 1 atom stereocenters. The van der Waals surface area contributed by atoms with Gasteiger partial charge in [-0.15, -0.1) is 0 Å². The van der Waals surface area contributed by atoms with Crippen LogP contribution in [0.2, 0.25) is 5.02 Å². The summed E-state index contributed by atoms with van der Waals surface area (Å²) in [7, 11) is -4.15. The molecule has 0 spiro atoms. The molecule has 0 aliphatic heterocycles. The summed E-state index contributed by atoms with van der Waals surface area (Å²) < 4.78 is 27.7. The number of urea groups is 1. The van der Waals surface area contributed by atoms with Crippen molar-refractivity contribution in [3.05, 3.63) is 102 Å². The lowest BCUT2D eigenvalue weighted by molar-refractivity contribution is -0.138. The standard InChI is InChI=1S/C27H26ClN5O5S/c28-23-6-1-2-7-25(23)39(37,38)33-24(26(34)35)14-18-8-10-19(11-9-18)20-4-3-5-21(15-20)32-27(36)30-13-12-22-16-29-17-31-22/h1-11,15-17,24,33H,12-14H2,(H,29,31)(H,34,35)(H2,30,32,36). The molecule has 0 aliphatic carbocycles. The topological polar surface area (TPSA) is 153 Å². The lowest BCUT2D eigenvalue weighted by atomic mass is 10.0. The highest BCUT2D eigenvalue weighted by Crippen LogP contribution is 2.24. The number of carbonyl (C=O) groups excluding carboxylic acids is 1. The molecule has 0 aliphatic rings. The van der Waals surface area contributed by atoms with E-state index in [9.17, 15) is 23.1 Å². The van der Waals surface area contributed by atoms with Crippen molar-refractivity contribution in [2.24, 2.45) is 0 Å². The van der Waals surface area contributed by atoms with E-state index < -0.39 is 22.0 Å². The minimum absolute atomic E-state index is 0.00169. The Morgan fingerprint density at radius 1 is 1.00 bits per heavy atom. The second-order valence-corrected chi connectivity index (χ2v) is 10.7.